The molecule has 4 aromatic rings. The van der Waals surface area contributed by atoms with Gasteiger partial charge in [0.2, 0.25) is 0 Å². The zero-order valence-corrected chi connectivity index (χ0v) is 13.5. The fraction of sp³-hybridized carbons (Fsp3) is 0. The topological polar surface area (TPSA) is 39.1 Å². The average molecular weight is 327 g/mol. The third-order valence-electron chi connectivity index (χ3n) is 3.84. The van der Waals surface area contributed by atoms with E-state index in [1.165, 1.54) is 0 Å². The van der Waals surface area contributed by atoms with Gasteiger partial charge in [0.05, 0.1) is 17.4 Å². The van der Waals surface area contributed by atoms with Crippen LogP contribution in [0.25, 0.3) is 23.2 Å². The molecule has 0 aliphatic carbocycles. The molecular weight excluding hydrogens is 310 g/mol. The van der Waals surface area contributed by atoms with Crippen molar-refractivity contribution in [2.45, 2.75) is 0 Å². The van der Waals surface area contributed by atoms with Gasteiger partial charge in [-0.1, -0.05) is 48.5 Å². The number of benzene rings is 3. The van der Waals surface area contributed by atoms with Crippen LogP contribution < -0.4 is 10.3 Å². The summed E-state index contributed by atoms with van der Waals surface area (Å²) in [5.41, 5.74) is 5.96. The molecule has 25 heavy (non-hydrogen) atoms. The summed E-state index contributed by atoms with van der Waals surface area (Å²) in [7, 11) is 0. The maximum atomic E-state index is 5.67. The summed E-state index contributed by atoms with van der Waals surface area (Å²) in [6.45, 7) is 0. The Bertz CT molecular complexity index is 992. The average Bonchev–Trinajstić information content (AvgIpc) is 3.09. The van der Waals surface area contributed by atoms with Crippen molar-refractivity contribution in [1.29, 1.82) is 0 Å². The maximum Gasteiger partial charge on any atom is 0.157 e. The predicted molar refractivity (Wildman–Crippen MR) is 102 cm³/mol. The number of hydrogen-bond donors (Lipinski definition) is 1. The number of hydrogen-bond acceptors (Lipinski definition) is 3. The summed E-state index contributed by atoms with van der Waals surface area (Å²) in [6.07, 6.45) is 5.83. The van der Waals surface area contributed by atoms with Gasteiger partial charge in [-0.05, 0) is 35.9 Å². The van der Waals surface area contributed by atoms with Crippen LogP contribution in [0.4, 0.5) is 5.69 Å². The van der Waals surface area contributed by atoms with Gasteiger partial charge in [-0.25, -0.2) is 10.2 Å². The third kappa shape index (κ3) is 3.53. The van der Waals surface area contributed by atoms with E-state index in [0.29, 0.717) is 0 Å². The first kappa shape index (κ1) is 15.0. The number of para-hydroxylation sites is 1. The third-order valence-corrected chi connectivity index (χ3v) is 3.84. The van der Waals surface area contributed by atoms with E-state index in [9.17, 15) is 0 Å². The Hall–Kier alpha value is -3.53. The van der Waals surface area contributed by atoms with Crippen LogP contribution in [-0.4, -0.2) is 9.78 Å². The molecule has 0 bridgehead atoms. The van der Waals surface area contributed by atoms with Crippen LogP contribution in [0.2, 0.25) is 0 Å². The van der Waals surface area contributed by atoms with Gasteiger partial charge in [0.1, 0.15) is 0 Å². The van der Waals surface area contributed by atoms with Crippen molar-refractivity contribution in [3.63, 3.8) is 0 Å². The molecule has 1 heterocycles. The van der Waals surface area contributed by atoms with Gasteiger partial charge in [0, 0.05) is 17.7 Å². The van der Waals surface area contributed by atoms with Crippen molar-refractivity contribution in [2.24, 2.45) is 0 Å². The van der Waals surface area contributed by atoms with Gasteiger partial charge in [-0.3, -0.25) is 0 Å². The van der Waals surface area contributed by atoms with E-state index in [-0.39, 0.29) is 0 Å². The molecule has 0 saturated carbocycles. The second kappa shape index (κ2) is 6.93. The Morgan fingerprint density at radius 3 is 2.44 bits per heavy atom. The van der Waals surface area contributed by atoms with E-state index in [2.05, 4.69) is 22.7 Å². The van der Waals surface area contributed by atoms with Gasteiger partial charge in [0.15, 0.2) is 5.75 Å². The molecule has 1 N–H and O–H groups in total. The summed E-state index contributed by atoms with van der Waals surface area (Å²) < 4.78 is 1.84. The predicted octanol–water partition coefficient (Wildman–Crippen LogP) is 5.07. The van der Waals surface area contributed by atoms with Crippen LogP contribution in [0.15, 0.2) is 85.1 Å². The van der Waals surface area contributed by atoms with Gasteiger partial charge < -0.3 is 4.84 Å². The normalized spacial score (nSPS) is 11.0. The number of anilines is 1. The zero-order chi connectivity index (χ0) is 16.9. The fourth-order valence-electron chi connectivity index (χ4n) is 2.54. The minimum atomic E-state index is 0.728. The Morgan fingerprint density at radius 1 is 0.880 bits per heavy atom. The Kier molecular flexibility index (Phi) is 4.16. The van der Waals surface area contributed by atoms with Crippen molar-refractivity contribution in [2.75, 3.05) is 5.48 Å². The minimum absolute atomic E-state index is 0.728. The first-order valence-electron chi connectivity index (χ1n) is 8.07. The highest BCUT2D eigenvalue weighted by Crippen LogP contribution is 2.22. The molecule has 0 unspecified atom stereocenters. The minimum Gasteiger partial charge on any atom is -0.382 e. The van der Waals surface area contributed by atoms with Gasteiger partial charge in [-0.15, -0.1) is 0 Å². The van der Waals surface area contributed by atoms with E-state index in [4.69, 9.17) is 4.84 Å². The molecule has 4 nitrogen and oxygen atoms in total. The summed E-state index contributed by atoms with van der Waals surface area (Å²) >= 11 is 0. The highest BCUT2D eigenvalue weighted by molar-refractivity contribution is 5.83. The Balaban J connectivity index is 1.56. The highest BCUT2D eigenvalue weighted by Gasteiger charge is 2.03. The molecule has 0 spiro atoms. The second-order valence-corrected chi connectivity index (χ2v) is 5.61. The van der Waals surface area contributed by atoms with Gasteiger partial charge in [0.25, 0.3) is 0 Å². The van der Waals surface area contributed by atoms with Gasteiger partial charge >= 0.3 is 0 Å². The first-order valence-corrected chi connectivity index (χ1v) is 8.07. The molecule has 0 saturated heterocycles. The molecular formula is C21H17N3O. The Morgan fingerprint density at radius 2 is 1.64 bits per heavy atom. The number of nitrogens with zero attached hydrogens (tertiary/aromatic N) is 2. The molecule has 0 fully saturated rings. The number of rotatable bonds is 5. The quantitative estimate of drug-likeness (QED) is 0.520. The molecule has 122 valence electrons. The van der Waals surface area contributed by atoms with Crippen molar-refractivity contribution >= 4 is 28.9 Å². The van der Waals surface area contributed by atoms with Crippen LogP contribution in [0.5, 0.6) is 5.75 Å². The number of nitrogens with one attached hydrogen (secondary N) is 1. The van der Waals surface area contributed by atoms with E-state index in [0.717, 1.165) is 27.9 Å². The van der Waals surface area contributed by atoms with Crippen molar-refractivity contribution in [3.05, 3.63) is 90.6 Å². The molecule has 0 radical (unpaired) electrons. The molecule has 4 rings (SSSR count). The smallest absolute Gasteiger partial charge is 0.157 e. The lowest BCUT2D eigenvalue weighted by Crippen LogP contribution is -2.04. The molecule has 1 aromatic heterocycles. The van der Waals surface area contributed by atoms with E-state index in [1.807, 2.05) is 89.9 Å². The summed E-state index contributed by atoms with van der Waals surface area (Å²) in [5.74, 6) is 0.728. The monoisotopic (exact) mass is 327 g/mol. The van der Waals surface area contributed by atoms with Crippen LogP contribution in [0.1, 0.15) is 5.56 Å². The molecule has 3 aromatic carbocycles. The summed E-state index contributed by atoms with van der Waals surface area (Å²) in [6, 6.07) is 25.8. The lowest BCUT2D eigenvalue weighted by molar-refractivity contribution is 0.405. The van der Waals surface area contributed by atoms with E-state index < -0.39 is 0 Å². The number of aromatic nitrogens is 2. The standard InChI is InChI=1S/C21H17N3O/c1-3-7-17(8-4-1)13-14-24-21-15-20(12-11-18(21)16-22-24)25-23-19-9-5-2-6-10-19/h1-16,23H. The Labute approximate surface area is 145 Å². The van der Waals surface area contributed by atoms with Gasteiger partial charge in [-0.2, -0.15) is 5.10 Å². The molecule has 0 aliphatic heterocycles. The maximum absolute atomic E-state index is 5.67. The van der Waals surface area contributed by atoms with E-state index >= 15 is 0 Å². The number of fused-ring (bicyclic) bond motifs is 1. The zero-order valence-electron chi connectivity index (χ0n) is 13.5. The van der Waals surface area contributed by atoms with Crippen LogP contribution >= 0.6 is 0 Å². The molecule has 0 aliphatic rings. The first-order chi connectivity index (χ1) is 12.4. The van der Waals surface area contributed by atoms with Crippen LogP contribution in [0, 0.1) is 0 Å². The summed E-state index contributed by atoms with van der Waals surface area (Å²) in [4.78, 5) is 5.67. The lowest BCUT2D eigenvalue weighted by Gasteiger charge is -2.08. The van der Waals surface area contributed by atoms with Crippen molar-refractivity contribution < 1.29 is 4.84 Å². The van der Waals surface area contributed by atoms with Crippen molar-refractivity contribution in [1.82, 2.24) is 9.78 Å². The fourth-order valence-corrected chi connectivity index (χ4v) is 2.54. The van der Waals surface area contributed by atoms with E-state index in [1.54, 1.807) is 0 Å². The molecule has 4 heteroatoms. The van der Waals surface area contributed by atoms with Crippen LogP contribution in [0.3, 0.4) is 0 Å². The lowest BCUT2D eigenvalue weighted by atomic mass is 10.2. The highest BCUT2D eigenvalue weighted by atomic mass is 16.6. The molecule has 0 amide bonds. The largest absolute Gasteiger partial charge is 0.382 e. The van der Waals surface area contributed by atoms with Crippen LogP contribution in [-0.2, 0) is 0 Å². The summed E-state index contributed by atoms with van der Waals surface area (Å²) in [5, 5.41) is 5.48. The van der Waals surface area contributed by atoms with Crippen molar-refractivity contribution in [3.8, 4) is 5.75 Å². The second-order valence-electron chi connectivity index (χ2n) is 5.61. The molecule has 0 atom stereocenters. The SMILES string of the molecule is C(=Cn1ncc2ccc(ONc3ccccc3)cc21)c1ccccc1.